The highest BCUT2D eigenvalue weighted by atomic mass is 32.1. The molecule has 0 aliphatic carbocycles. The molecule has 3 rings (SSSR count). The van der Waals surface area contributed by atoms with E-state index in [0.717, 1.165) is 59.4 Å². The van der Waals surface area contributed by atoms with Crippen LogP contribution in [0, 0.1) is 13.8 Å². The predicted molar refractivity (Wildman–Crippen MR) is 117 cm³/mol. The third-order valence-corrected chi connectivity index (χ3v) is 5.64. The van der Waals surface area contributed by atoms with Crippen LogP contribution in [0.4, 0.5) is 0 Å². The lowest BCUT2D eigenvalue weighted by Gasteiger charge is -2.11. The van der Waals surface area contributed by atoms with Crippen LogP contribution in [0.3, 0.4) is 0 Å². The summed E-state index contributed by atoms with van der Waals surface area (Å²) in [6, 6.07) is 8.11. The molecular formula is C21H28N6OS. The van der Waals surface area contributed by atoms with E-state index in [2.05, 4.69) is 63.7 Å². The summed E-state index contributed by atoms with van der Waals surface area (Å²) in [6.45, 7) is 7.70. The van der Waals surface area contributed by atoms with E-state index in [9.17, 15) is 0 Å². The maximum absolute atomic E-state index is 5.39. The molecule has 7 nitrogen and oxygen atoms in total. The van der Waals surface area contributed by atoms with Crippen LogP contribution in [0.5, 0.6) is 0 Å². The topological polar surface area (TPSA) is 88.2 Å². The number of nitrogens with zero attached hydrogens (tertiary/aromatic N) is 4. The monoisotopic (exact) mass is 412 g/mol. The first-order chi connectivity index (χ1) is 14.1. The van der Waals surface area contributed by atoms with Crippen molar-refractivity contribution in [3.8, 4) is 11.5 Å². The average molecular weight is 413 g/mol. The fraction of sp³-hybridized carbons (Fsp3) is 0.429. The van der Waals surface area contributed by atoms with E-state index >= 15 is 0 Å². The zero-order valence-corrected chi connectivity index (χ0v) is 18.3. The Kier molecular flexibility index (Phi) is 7.35. The van der Waals surface area contributed by atoms with Gasteiger partial charge in [-0.25, -0.2) is 4.98 Å². The second-order valence-electron chi connectivity index (χ2n) is 6.82. The largest absolute Gasteiger partial charge is 0.356 e. The number of guanidine groups is 1. The number of aromatic nitrogens is 3. The summed E-state index contributed by atoms with van der Waals surface area (Å²) in [4.78, 5) is 14.6. The highest BCUT2D eigenvalue weighted by Gasteiger charge is 2.09. The quantitative estimate of drug-likeness (QED) is 0.433. The number of aliphatic imine (C=N–C) groups is 1. The predicted octanol–water partition coefficient (Wildman–Crippen LogP) is 3.67. The standard InChI is InChI=1S/C21H28N6OS/c1-5-7-18-26-20(28-27-18)17-9-6-8-16(12-17)13-24-21(22-4)23-11-10-19-25-14(2)15(3)29-19/h6,8-9,12H,5,7,10-11,13H2,1-4H3,(H2,22,23,24). The molecule has 154 valence electrons. The van der Waals surface area contributed by atoms with Gasteiger partial charge in [-0.3, -0.25) is 4.99 Å². The molecule has 0 unspecified atom stereocenters. The van der Waals surface area contributed by atoms with Gasteiger partial charge in [-0.15, -0.1) is 11.3 Å². The molecule has 0 bridgehead atoms. The van der Waals surface area contributed by atoms with Crippen molar-refractivity contribution in [2.45, 2.75) is 46.6 Å². The Morgan fingerprint density at radius 3 is 2.76 bits per heavy atom. The third kappa shape index (κ3) is 5.87. The van der Waals surface area contributed by atoms with Gasteiger partial charge in [-0.05, 0) is 38.0 Å². The molecule has 0 saturated heterocycles. The fourth-order valence-electron chi connectivity index (χ4n) is 2.85. The summed E-state index contributed by atoms with van der Waals surface area (Å²) in [5, 5.41) is 11.9. The molecule has 2 heterocycles. The van der Waals surface area contributed by atoms with Gasteiger partial charge >= 0.3 is 0 Å². The Morgan fingerprint density at radius 1 is 1.17 bits per heavy atom. The van der Waals surface area contributed by atoms with Crippen LogP contribution < -0.4 is 10.6 Å². The highest BCUT2D eigenvalue weighted by Crippen LogP contribution is 2.19. The molecule has 3 aromatic rings. The molecule has 0 radical (unpaired) electrons. The van der Waals surface area contributed by atoms with Crippen molar-refractivity contribution >= 4 is 17.3 Å². The van der Waals surface area contributed by atoms with Crippen LogP contribution in [0.15, 0.2) is 33.8 Å². The lowest BCUT2D eigenvalue weighted by atomic mass is 10.1. The van der Waals surface area contributed by atoms with Gasteiger partial charge in [-0.2, -0.15) is 4.98 Å². The Morgan fingerprint density at radius 2 is 2.03 bits per heavy atom. The molecule has 0 saturated carbocycles. The lowest BCUT2D eigenvalue weighted by Crippen LogP contribution is -2.37. The van der Waals surface area contributed by atoms with Crippen molar-refractivity contribution in [1.29, 1.82) is 0 Å². The SMILES string of the molecule is CCCc1noc(-c2cccc(CNC(=NC)NCCc3nc(C)c(C)s3)c2)n1. The lowest BCUT2D eigenvalue weighted by molar-refractivity contribution is 0.422. The van der Waals surface area contributed by atoms with Gasteiger partial charge in [0.25, 0.3) is 5.89 Å². The van der Waals surface area contributed by atoms with Crippen LogP contribution in [-0.4, -0.2) is 34.7 Å². The molecule has 0 fully saturated rings. The number of hydrogen-bond acceptors (Lipinski definition) is 6. The van der Waals surface area contributed by atoms with Crippen molar-refractivity contribution < 1.29 is 4.52 Å². The number of benzene rings is 1. The minimum Gasteiger partial charge on any atom is -0.356 e. The summed E-state index contributed by atoms with van der Waals surface area (Å²) in [6.07, 6.45) is 2.70. The Hall–Kier alpha value is -2.74. The summed E-state index contributed by atoms with van der Waals surface area (Å²) in [5.74, 6) is 2.08. The van der Waals surface area contributed by atoms with Gasteiger partial charge in [-0.1, -0.05) is 24.2 Å². The van der Waals surface area contributed by atoms with Gasteiger partial charge < -0.3 is 15.2 Å². The smallest absolute Gasteiger partial charge is 0.257 e. The minimum atomic E-state index is 0.562. The van der Waals surface area contributed by atoms with E-state index in [4.69, 9.17) is 4.52 Å². The fourth-order valence-corrected chi connectivity index (χ4v) is 3.78. The van der Waals surface area contributed by atoms with Crippen molar-refractivity contribution in [2.24, 2.45) is 4.99 Å². The maximum Gasteiger partial charge on any atom is 0.257 e. The van der Waals surface area contributed by atoms with Crippen LogP contribution in [-0.2, 0) is 19.4 Å². The minimum absolute atomic E-state index is 0.562. The first-order valence-corrected chi connectivity index (χ1v) is 10.7. The number of rotatable bonds is 8. The van der Waals surface area contributed by atoms with Gasteiger partial charge in [0, 0.05) is 43.4 Å². The molecule has 1 aromatic carbocycles. The van der Waals surface area contributed by atoms with E-state index in [1.807, 2.05) is 12.1 Å². The Bertz CT molecular complexity index is 942. The Balaban J connectivity index is 1.52. The van der Waals surface area contributed by atoms with Gasteiger partial charge in [0.1, 0.15) is 0 Å². The van der Waals surface area contributed by atoms with E-state index in [0.29, 0.717) is 12.4 Å². The second-order valence-corrected chi connectivity index (χ2v) is 8.11. The van der Waals surface area contributed by atoms with Crippen LogP contribution in [0.2, 0.25) is 0 Å². The van der Waals surface area contributed by atoms with E-state index in [1.54, 1.807) is 18.4 Å². The summed E-state index contributed by atoms with van der Waals surface area (Å²) >= 11 is 1.76. The first-order valence-electron chi connectivity index (χ1n) is 9.88. The number of thiazole rings is 1. The van der Waals surface area contributed by atoms with Gasteiger partial charge in [0.2, 0.25) is 0 Å². The highest BCUT2D eigenvalue weighted by molar-refractivity contribution is 7.11. The van der Waals surface area contributed by atoms with Crippen molar-refractivity contribution in [3.63, 3.8) is 0 Å². The summed E-state index contributed by atoms with van der Waals surface area (Å²) in [5.41, 5.74) is 3.17. The van der Waals surface area contributed by atoms with Gasteiger partial charge in [0.05, 0.1) is 10.7 Å². The number of hydrogen-bond donors (Lipinski definition) is 2. The number of nitrogens with one attached hydrogen (secondary N) is 2. The van der Waals surface area contributed by atoms with Crippen molar-refractivity contribution in [2.75, 3.05) is 13.6 Å². The van der Waals surface area contributed by atoms with Crippen LogP contribution >= 0.6 is 11.3 Å². The van der Waals surface area contributed by atoms with Gasteiger partial charge in [0.15, 0.2) is 11.8 Å². The zero-order chi connectivity index (χ0) is 20.6. The third-order valence-electron chi connectivity index (χ3n) is 4.50. The zero-order valence-electron chi connectivity index (χ0n) is 17.5. The summed E-state index contributed by atoms with van der Waals surface area (Å²) in [7, 11) is 1.77. The average Bonchev–Trinajstić information content (AvgIpc) is 3.31. The van der Waals surface area contributed by atoms with E-state index in [1.165, 1.54) is 4.88 Å². The molecule has 2 N–H and O–H groups in total. The normalized spacial score (nSPS) is 11.7. The molecular weight excluding hydrogens is 384 g/mol. The molecule has 0 spiro atoms. The maximum atomic E-state index is 5.39. The molecule has 8 heteroatoms. The molecule has 0 atom stereocenters. The summed E-state index contributed by atoms with van der Waals surface area (Å²) < 4.78 is 5.39. The number of aryl methyl sites for hydroxylation is 3. The van der Waals surface area contributed by atoms with E-state index in [-0.39, 0.29) is 0 Å². The molecule has 0 aliphatic heterocycles. The van der Waals surface area contributed by atoms with Crippen LogP contribution in [0.1, 0.15) is 40.3 Å². The first kappa shape index (κ1) is 21.0. The molecule has 0 amide bonds. The molecule has 2 aromatic heterocycles. The Labute approximate surface area is 175 Å². The molecule has 0 aliphatic rings. The van der Waals surface area contributed by atoms with Crippen molar-refractivity contribution in [3.05, 3.63) is 51.2 Å². The second kappa shape index (κ2) is 10.2. The van der Waals surface area contributed by atoms with Crippen LogP contribution in [0.25, 0.3) is 11.5 Å². The molecule has 29 heavy (non-hydrogen) atoms. The van der Waals surface area contributed by atoms with E-state index < -0.39 is 0 Å². The van der Waals surface area contributed by atoms with Crippen molar-refractivity contribution in [1.82, 2.24) is 25.8 Å².